The third-order valence-corrected chi connectivity index (χ3v) is 3.04. The number of rotatable bonds is 4. The largest absolute Gasteiger partial charge is 0.478 e. The summed E-state index contributed by atoms with van der Waals surface area (Å²) in [6.07, 6.45) is -0.358. The second-order valence-corrected chi connectivity index (χ2v) is 4.41. The molecule has 1 aromatic rings. The molecule has 0 spiro atoms. The SMILES string of the molecule is C=C(CC1(c2cccc(F)c2)NC(=O)NC1=O)C(=O)O. The zero-order chi connectivity index (χ0) is 14.9. The number of amides is 3. The van der Waals surface area contributed by atoms with Gasteiger partial charge < -0.3 is 10.4 Å². The molecule has 0 radical (unpaired) electrons. The maximum atomic E-state index is 13.3. The van der Waals surface area contributed by atoms with Gasteiger partial charge in [0.2, 0.25) is 0 Å². The maximum absolute atomic E-state index is 13.3. The second kappa shape index (κ2) is 4.76. The number of aliphatic carboxylic acids is 1. The van der Waals surface area contributed by atoms with Crippen LogP contribution in [0.4, 0.5) is 9.18 Å². The molecule has 1 aliphatic heterocycles. The summed E-state index contributed by atoms with van der Waals surface area (Å²) in [5.41, 5.74) is -1.77. The van der Waals surface area contributed by atoms with E-state index in [2.05, 4.69) is 11.9 Å². The highest BCUT2D eigenvalue weighted by molar-refractivity contribution is 6.08. The van der Waals surface area contributed by atoms with E-state index in [4.69, 9.17) is 5.11 Å². The predicted octanol–water partition coefficient (Wildman–Crippen LogP) is 0.891. The van der Waals surface area contributed by atoms with Gasteiger partial charge in [-0.25, -0.2) is 14.0 Å². The Hall–Kier alpha value is -2.70. The van der Waals surface area contributed by atoms with Gasteiger partial charge in [0.25, 0.3) is 5.91 Å². The van der Waals surface area contributed by atoms with E-state index in [0.29, 0.717) is 0 Å². The number of carbonyl (C=O) groups is 3. The molecule has 1 atom stereocenters. The van der Waals surface area contributed by atoms with Gasteiger partial charge >= 0.3 is 12.0 Å². The molecule has 3 amide bonds. The van der Waals surface area contributed by atoms with Crippen LogP contribution in [0.15, 0.2) is 36.4 Å². The molecule has 104 valence electrons. The Morgan fingerprint density at radius 3 is 2.60 bits per heavy atom. The average Bonchev–Trinajstić information content (AvgIpc) is 2.65. The van der Waals surface area contributed by atoms with Gasteiger partial charge in [-0.05, 0) is 17.7 Å². The van der Waals surface area contributed by atoms with Crippen LogP contribution in [-0.4, -0.2) is 23.0 Å². The van der Waals surface area contributed by atoms with E-state index < -0.39 is 29.3 Å². The zero-order valence-corrected chi connectivity index (χ0v) is 10.3. The topological polar surface area (TPSA) is 95.5 Å². The summed E-state index contributed by atoms with van der Waals surface area (Å²) in [4.78, 5) is 34.3. The van der Waals surface area contributed by atoms with Crippen LogP contribution in [0.3, 0.4) is 0 Å². The van der Waals surface area contributed by atoms with Crippen molar-refractivity contribution in [2.75, 3.05) is 0 Å². The summed E-state index contributed by atoms with van der Waals surface area (Å²) in [5, 5.41) is 13.3. The molecule has 1 aromatic carbocycles. The van der Waals surface area contributed by atoms with Crippen LogP contribution in [-0.2, 0) is 15.1 Å². The molecule has 0 aromatic heterocycles. The van der Waals surface area contributed by atoms with Gasteiger partial charge in [-0.3, -0.25) is 10.1 Å². The lowest BCUT2D eigenvalue weighted by Gasteiger charge is -2.26. The van der Waals surface area contributed by atoms with Gasteiger partial charge in [-0.2, -0.15) is 0 Å². The first kappa shape index (κ1) is 13.7. The lowest BCUT2D eigenvalue weighted by atomic mass is 9.84. The number of carboxylic acid groups (broad SMARTS) is 1. The highest BCUT2D eigenvalue weighted by Crippen LogP contribution is 2.31. The first-order valence-corrected chi connectivity index (χ1v) is 5.66. The van der Waals surface area contributed by atoms with Crippen molar-refractivity contribution in [1.29, 1.82) is 0 Å². The van der Waals surface area contributed by atoms with Crippen molar-refractivity contribution < 1.29 is 23.9 Å². The molecular weight excluding hydrogens is 267 g/mol. The Bertz CT molecular complexity index is 629. The number of hydrogen-bond donors (Lipinski definition) is 3. The van der Waals surface area contributed by atoms with E-state index >= 15 is 0 Å². The van der Waals surface area contributed by atoms with Crippen molar-refractivity contribution in [3.05, 3.63) is 47.8 Å². The van der Waals surface area contributed by atoms with Crippen LogP contribution in [0.25, 0.3) is 0 Å². The summed E-state index contributed by atoms with van der Waals surface area (Å²) in [6, 6.07) is 4.28. The molecule has 6 nitrogen and oxygen atoms in total. The lowest BCUT2D eigenvalue weighted by Crippen LogP contribution is -2.44. The molecule has 1 heterocycles. The van der Waals surface area contributed by atoms with Crippen molar-refractivity contribution in [1.82, 2.24) is 10.6 Å². The Morgan fingerprint density at radius 2 is 2.10 bits per heavy atom. The summed E-state index contributed by atoms with van der Waals surface area (Å²) in [7, 11) is 0. The van der Waals surface area contributed by atoms with Crippen LogP contribution in [0.5, 0.6) is 0 Å². The molecule has 7 heteroatoms. The van der Waals surface area contributed by atoms with E-state index in [9.17, 15) is 18.8 Å². The minimum absolute atomic E-state index is 0.156. The first-order chi connectivity index (χ1) is 9.35. The standard InChI is InChI=1S/C13H11FN2O4/c1-7(10(17)18)6-13(11(19)15-12(20)16-13)8-3-2-4-9(14)5-8/h2-5H,1,6H2,(H,17,18)(H2,15,16,19,20). The highest BCUT2D eigenvalue weighted by Gasteiger charge is 2.48. The van der Waals surface area contributed by atoms with Gasteiger partial charge in [0.05, 0.1) is 0 Å². The molecule has 1 saturated heterocycles. The van der Waals surface area contributed by atoms with E-state index in [-0.39, 0.29) is 17.6 Å². The number of halogens is 1. The van der Waals surface area contributed by atoms with Crippen LogP contribution < -0.4 is 10.6 Å². The molecule has 1 unspecified atom stereocenters. The summed E-state index contributed by atoms with van der Waals surface area (Å²) < 4.78 is 13.3. The fraction of sp³-hybridized carbons (Fsp3) is 0.154. The number of carbonyl (C=O) groups excluding carboxylic acids is 2. The van der Waals surface area contributed by atoms with Gasteiger partial charge in [-0.1, -0.05) is 18.7 Å². The molecular formula is C13H11FN2O4. The van der Waals surface area contributed by atoms with Crippen LogP contribution in [0, 0.1) is 5.82 Å². The number of imide groups is 1. The van der Waals surface area contributed by atoms with Gasteiger partial charge in [0.15, 0.2) is 5.54 Å². The summed E-state index contributed by atoms with van der Waals surface area (Å²) in [6.45, 7) is 3.35. The Balaban J connectivity index is 2.50. The molecule has 1 fully saturated rings. The molecule has 20 heavy (non-hydrogen) atoms. The van der Waals surface area contributed by atoms with E-state index in [1.807, 2.05) is 5.32 Å². The van der Waals surface area contributed by atoms with Crippen LogP contribution in [0.1, 0.15) is 12.0 Å². The third-order valence-electron chi connectivity index (χ3n) is 3.04. The van der Waals surface area contributed by atoms with Crippen LogP contribution >= 0.6 is 0 Å². The van der Waals surface area contributed by atoms with Crippen molar-refractivity contribution in [3.63, 3.8) is 0 Å². The molecule has 0 saturated carbocycles. The number of hydrogen-bond acceptors (Lipinski definition) is 3. The lowest BCUT2D eigenvalue weighted by molar-refractivity contribution is -0.133. The minimum Gasteiger partial charge on any atom is -0.478 e. The normalized spacial score (nSPS) is 21.2. The number of benzene rings is 1. The van der Waals surface area contributed by atoms with Gasteiger partial charge in [0, 0.05) is 12.0 Å². The Labute approximate surface area is 113 Å². The fourth-order valence-electron chi connectivity index (χ4n) is 2.07. The fourth-order valence-corrected chi connectivity index (χ4v) is 2.07. The third kappa shape index (κ3) is 2.25. The monoisotopic (exact) mass is 278 g/mol. The van der Waals surface area contributed by atoms with Gasteiger partial charge in [0.1, 0.15) is 5.82 Å². The second-order valence-electron chi connectivity index (χ2n) is 4.41. The van der Waals surface area contributed by atoms with E-state index in [0.717, 1.165) is 6.07 Å². The van der Waals surface area contributed by atoms with Crippen molar-refractivity contribution in [3.8, 4) is 0 Å². The quantitative estimate of drug-likeness (QED) is 0.563. The molecule has 0 bridgehead atoms. The number of nitrogens with one attached hydrogen (secondary N) is 2. The number of carboxylic acids is 1. The first-order valence-electron chi connectivity index (χ1n) is 5.66. The van der Waals surface area contributed by atoms with Crippen molar-refractivity contribution in [2.24, 2.45) is 0 Å². The zero-order valence-electron chi connectivity index (χ0n) is 10.3. The molecule has 2 rings (SSSR count). The highest BCUT2D eigenvalue weighted by atomic mass is 19.1. The minimum atomic E-state index is -1.66. The number of urea groups is 1. The summed E-state index contributed by atoms with van der Waals surface area (Å²) >= 11 is 0. The maximum Gasteiger partial charge on any atom is 0.331 e. The molecule has 3 N–H and O–H groups in total. The van der Waals surface area contributed by atoms with Crippen molar-refractivity contribution in [2.45, 2.75) is 12.0 Å². The Morgan fingerprint density at radius 1 is 1.40 bits per heavy atom. The average molecular weight is 278 g/mol. The van der Waals surface area contributed by atoms with Gasteiger partial charge in [-0.15, -0.1) is 0 Å². The summed E-state index contributed by atoms with van der Waals surface area (Å²) in [5.74, 6) is -2.64. The molecule has 0 aliphatic carbocycles. The van der Waals surface area contributed by atoms with Crippen LogP contribution in [0.2, 0.25) is 0 Å². The molecule has 1 aliphatic rings. The van der Waals surface area contributed by atoms with E-state index in [1.54, 1.807) is 0 Å². The predicted molar refractivity (Wildman–Crippen MR) is 66.1 cm³/mol. The Kier molecular flexibility index (Phi) is 3.27. The smallest absolute Gasteiger partial charge is 0.331 e. The van der Waals surface area contributed by atoms with E-state index in [1.165, 1.54) is 18.2 Å². The van der Waals surface area contributed by atoms with Crippen molar-refractivity contribution >= 4 is 17.9 Å².